The molecule has 4 heteroatoms. The van der Waals surface area contributed by atoms with E-state index in [0.29, 0.717) is 0 Å². The summed E-state index contributed by atoms with van der Waals surface area (Å²) >= 11 is 7.79. The molecule has 0 aliphatic rings. The van der Waals surface area contributed by atoms with Gasteiger partial charge < -0.3 is 4.74 Å². The van der Waals surface area contributed by atoms with Gasteiger partial charge in [-0.25, -0.2) is 0 Å². The quantitative estimate of drug-likeness (QED) is 0.694. The molecule has 0 bridgehead atoms. The summed E-state index contributed by atoms with van der Waals surface area (Å²) in [5.41, 5.74) is 2.33. The summed E-state index contributed by atoms with van der Waals surface area (Å²) < 4.78 is 10.9. The van der Waals surface area contributed by atoms with Gasteiger partial charge in [0.15, 0.2) is 0 Å². The molecule has 0 aliphatic carbocycles. The number of halogens is 1. The maximum atomic E-state index is 6.28. The second kappa shape index (κ2) is 5.81. The van der Waals surface area contributed by atoms with E-state index in [0.717, 1.165) is 39.4 Å². The Morgan fingerprint density at radius 3 is 2.85 bits per heavy atom. The molecule has 0 radical (unpaired) electrons. The van der Waals surface area contributed by atoms with Crippen LogP contribution in [0.1, 0.15) is 11.3 Å². The van der Waals surface area contributed by atoms with Gasteiger partial charge in [-0.15, -0.1) is 0 Å². The van der Waals surface area contributed by atoms with Gasteiger partial charge in [0.05, 0.1) is 22.5 Å². The fraction of sp³-hybridized carbons (Fsp3) is 0.188. The van der Waals surface area contributed by atoms with E-state index < -0.39 is 0 Å². The number of aryl methyl sites for hydroxylation is 2. The van der Waals surface area contributed by atoms with Crippen molar-refractivity contribution in [3.8, 4) is 5.75 Å². The minimum Gasteiger partial charge on any atom is -0.497 e. The van der Waals surface area contributed by atoms with Gasteiger partial charge in [-0.05, 0) is 54.2 Å². The first-order valence-electron chi connectivity index (χ1n) is 6.43. The third-order valence-electron chi connectivity index (χ3n) is 3.30. The number of fused-ring (bicyclic) bond motifs is 1. The monoisotopic (exact) mass is 303 g/mol. The third-order valence-corrected chi connectivity index (χ3v) is 4.47. The summed E-state index contributed by atoms with van der Waals surface area (Å²) in [5.74, 6) is 0.892. The van der Waals surface area contributed by atoms with E-state index >= 15 is 0 Å². The zero-order chi connectivity index (χ0) is 13.9. The summed E-state index contributed by atoms with van der Waals surface area (Å²) in [6.45, 7) is 0. The summed E-state index contributed by atoms with van der Waals surface area (Å²) in [5, 5.41) is 1.89. The Morgan fingerprint density at radius 2 is 2.00 bits per heavy atom. The molecule has 0 saturated carbocycles. The lowest BCUT2D eigenvalue weighted by molar-refractivity contribution is 0.414. The second-order valence-corrected chi connectivity index (χ2v) is 5.81. The van der Waals surface area contributed by atoms with Gasteiger partial charge >= 0.3 is 0 Å². The Morgan fingerprint density at radius 1 is 1.15 bits per heavy atom. The maximum absolute atomic E-state index is 6.28. The highest BCUT2D eigenvalue weighted by atomic mass is 35.5. The molecule has 0 saturated heterocycles. The number of aromatic nitrogens is 1. The molecule has 0 unspecified atom stereocenters. The molecule has 3 rings (SSSR count). The van der Waals surface area contributed by atoms with Gasteiger partial charge in [0, 0.05) is 5.39 Å². The van der Waals surface area contributed by atoms with Crippen molar-refractivity contribution in [2.24, 2.45) is 0 Å². The number of methoxy groups -OCH3 is 1. The van der Waals surface area contributed by atoms with E-state index in [2.05, 4.69) is 22.6 Å². The first-order chi connectivity index (χ1) is 9.78. The number of nitrogens with zero attached hydrogens (tertiary/aromatic N) is 1. The molecule has 1 aromatic heterocycles. The van der Waals surface area contributed by atoms with Crippen LogP contribution in [0.5, 0.6) is 5.75 Å². The molecule has 0 amide bonds. The van der Waals surface area contributed by atoms with Crippen LogP contribution in [0.2, 0.25) is 5.02 Å². The molecule has 0 spiro atoms. The minimum atomic E-state index is 0.789. The molecular formula is C16H14ClNOS. The second-order valence-electron chi connectivity index (χ2n) is 4.59. The van der Waals surface area contributed by atoms with Crippen molar-refractivity contribution in [2.75, 3.05) is 7.11 Å². The van der Waals surface area contributed by atoms with Crippen molar-refractivity contribution in [2.45, 2.75) is 12.8 Å². The van der Waals surface area contributed by atoms with Gasteiger partial charge in [0.25, 0.3) is 0 Å². The lowest BCUT2D eigenvalue weighted by atomic mass is 10.1. The average molecular weight is 304 g/mol. The zero-order valence-corrected chi connectivity index (χ0v) is 12.7. The van der Waals surface area contributed by atoms with E-state index in [-0.39, 0.29) is 0 Å². The number of hydrogen-bond acceptors (Lipinski definition) is 3. The molecule has 2 nitrogen and oxygen atoms in total. The summed E-state index contributed by atoms with van der Waals surface area (Å²) in [7, 11) is 1.69. The van der Waals surface area contributed by atoms with E-state index in [9.17, 15) is 0 Å². The summed E-state index contributed by atoms with van der Waals surface area (Å²) in [6.07, 6.45) is 1.82. The van der Waals surface area contributed by atoms with Crippen molar-refractivity contribution in [3.63, 3.8) is 0 Å². The molecule has 2 aromatic carbocycles. The first kappa shape index (κ1) is 13.4. The van der Waals surface area contributed by atoms with E-state index in [4.69, 9.17) is 16.3 Å². The van der Waals surface area contributed by atoms with Crippen molar-refractivity contribution in [1.82, 2.24) is 4.37 Å². The first-order valence-corrected chi connectivity index (χ1v) is 7.59. The average Bonchev–Trinajstić information content (AvgIpc) is 2.90. The normalized spacial score (nSPS) is 10.9. The van der Waals surface area contributed by atoms with Crippen LogP contribution < -0.4 is 4.74 Å². The van der Waals surface area contributed by atoms with Crippen LogP contribution in [0.15, 0.2) is 42.5 Å². The van der Waals surface area contributed by atoms with Crippen LogP contribution in [0, 0.1) is 0 Å². The Balaban J connectivity index is 1.83. The molecule has 3 aromatic rings. The van der Waals surface area contributed by atoms with Crippen LogP contribution in [0.25, 0.3) is 10.1 Å². The fourth-order valence-electron chi connectivity index (χ4n) is 2.27. The number of benzene rings is 2. The van der Waals surface area contributed by atoms with Crippen LogP contribution in [-0.2, 0) is 12.8 Å². The van der Waals surface area contributed by atoms with Crippen molar-refractivity contribution in [3.05, 3.63) is 58.7 Å². The van der Waals surface area contributed by atoms with Crippen molar-refractivity contribution >= 4 is 33.2 Å². The standard InChI is InChI=1S/C16H14ClNOS/c1-19-12-5-2-4-11(10-12)8-9-14-16-13(17)6-3-7-15(16)20-18-14/h2-7,10H,8-9H2,1H3. The van der Waals surface area contributed by atoms with Crippen molar-refractivity contribution in [1.29, 1.82) is 0 Å². The largest absolute Gasteiger partial charge is 0.497 e. The molecule has 0 atom stereocenters. The fourth-order valence-corrected chi connectivity index (χ4v) is 3.46. The SMILES string of the molecule is COc1cccc(CCc2nsc3cccc(Cl)c23)c1. The Labute approximate surface area is 127 Å². The minimum absolute atomic E-state index is 0.789. The van der Waals surface area contributed by atoms with Gasteiger partial charge in [-0.1, -0.05) is 29.8 Å². The predicted octanol–water partition coefficient (Wildman–Crippen LogP) is 4.74. The summed E-state index contributed by atoms with van der Waals surface area (Å²) in [4.78, 5) is 0. The van der Waals surface area contributed by atoms with E-state index in [1.807, 2.05) is 24.3 Å². The molecule has 0 fully saturated rings. The van der Waals surface area contributed by atoms with Gasteiger partial charge in [-0.3, -0.25) is 0 Å². The van der Waals surface area contributed by atoms with Gasteiger partial charge in [-0.2, -0.15) is 4.37 Å². The van der Waals surface area contributed by atoms with Crippen LogP contribution in [-0.4, -0.2) is 11.5 Å². The lowest BCUT2D eigenvalue weighted by Crippen LogP contribution is -1.93. The van der Waals surface area contributed by atoms with E-state index in [1.165, 1.54) is 17.1 Å². The van der Waals surface area contributed by atoms with Gasteiger partial charge in [0.2, 0.25) is 0 Å². The number of hydrogen-bond donors (Lipinski definition) is 0. The molecule has 1 heterocycles. The molecule has 102 valence electrons. The van der Waals surface area contributed by atoms with Crippen LogP contribution in [0.4, 0.5) is 0 Å². The highest BCUT2D eigenvalue weighted by molar-refractivity contribution is 7.13. The lowest BCUT2D eigenvalue weighted by Gasteiger charge is -2.04. The van der Waals surface area contributed by atoms with Crippen molar-refractivity contribution < 1.29 is 4.74 Å². The van der Waals surface area contributed by atoms with Gasteiger partial charge in [0.1, 0.15) is 5.75 Å². The number of ether oxygens (including phenoxy) is 1. The number of rotatable bonds is 4. The topological polar surface area (TPSA) is 22.1 Å². The van der Waals surface area contributed by atoms with Crippen LogP contribution >= 0.6 is 23.1 Å². The zero-order valence-electron chi connectivity index (χ0n) is 11.1. The molecule has 0 N–H and O–H groups in total. The van der Waals surface area contributed by atoms with E-state index in [1.54, 1.807) is 7.11 Å². The highest BCUT2D eigenvalue weighted by Gasteiger charge is 2.09. The Bertz CT molecular complexity index is 738. The predicted molar refractivity (Wildman–Crippen MR) is 85.0 cm³/mol. The summed E-state index contributed by atoms with van der Waals surface area (Å²) in [6, 6.07) is 14.1. The molecular weight excluding hydrogens is 290 g/mol. The molecule has 0 aliphatic heterocycles. The Kier molecular flexibility index (Phi) is 3.90. The smallest absolute Gasteiger partial charge is 0.119 e. The highest BCUT2D eigenvalue weighted by Crippen LogP contribution is 2.30. The maximum Gasteiger partial charge on any atom is 0.119 e. The molecule has 20 heavy (non-hydrogen) atoms. The Hall–Kier alpha value is -1.58. The third kappa shape index (κ3) is 2.65. The van der Waals surface area contributed by atoms with Crippen LogP contribution in [0.3, 0.4) is 0 Å².